The van der Waals surface area contributed by atoms with Crippen LogP contribution < -0.4 is 10.2 Å². The van der Waals surface area contributed by atoms with E-state index in [9.17, 15) is 24.3 Å². The molecule has 3 amide bonds. The van der Waals surface area contributed by atoms with Crippen molar-refractivity contribution in [3.63, 3.8) is 0 Å². The molecule has 4 rings (SSSR count). The van der Waals surface area contributed by atoms with Crippen LogP contribution in [0.1, 0.15) is 52.2 Å². The molecular formula is C29H43N5O7. The molecule has 12 heteroatoms. The van der Waals surface area contributed by atoms with Crippen LogP contribution in [0.25, 0.3) is 0 Å². The number of hydrogen-bond acceptors (Lipinski definition) is 8. The average molecular weight is 574 g/mol. The lowest BCUT2D eigenvalue weighted by Gasteiger charge is -2.34. The topological polar surface area (TPSA) is 132 Å². The van der Waals surface area contributed by atoms with Crippen LogP contribution in [0.3, 0.4) is 0 Å². The molecule has 0 aromatic heterocycles. The zero-order valence-corrected chi connectivity index (χ0v) is 24.9. The smallest absolute Gasteiger partial charge is 0.410 e. The Labute approximate surface area is 241 Å². The van der Waals surface area contributed by atoms with Gasteiger partial charge < -0.3 is 34.6 Å². The molecule has 0 unspecified atom stereocenters. The van der Waals surface area contributed by atoms with Gasteiger partial charge in [0.05, 0.1) is 6.54 Å². The number of likely N-dealkylation sites (tertiary alicyclic amines) is 1. The summed E-state index contributed by atoms with van der Waals surface area (Å²) in [5, 5.41) is 12.4. The van der Waals surface area contributed by atoms with E-state index in [1.807, 2.05) is 0 Å². The minimum absolute atomic E-state index is 0.0294. The molecule has 3 heterocycles. The molecular weight excluding hydrogens is 530 g/mol. The highest BCUT2D eigenvalue weighted by Crippen LogP contribution is 2.30. The van der Waals surface area contributed by atoms with Crippen molar-refractivity contribution < 1.29 is 33.8 Å². The van der Waals surface area contributed by atoms with E-state index in [1.54, 1.807) is 39.5 Å². The first kappa shape index (κ1) is 30.4. The Hall–Kier alpha value is -3.54. The number of piperazine rings is 1. The summed E-state index contributed by atoms with van der Waals surface area (Å²) < 4.78 is 11.0. The van der Waals surface area contributed by atoms with E-state index in [0.717, 1.165) is 43.0 Å². The van der Waals surface area contributed by atoms with Gasteiger partial charge in [-0.15, -0.1) is 0 Å². The zero-order valence-electron chi connectivity index (χ0n) is 24.9. The van der Waals surface area contributed by atoms with Crippen molar-refractivity contribution in [1.82, 2.24) is 20.0 Å². The summed E-state index contributed by atoms with van der Waals surface area (Å²) in [6.45, 7) is 13.3. The number of aliphatic carboxylic acids is 1. The summed E-state index contributed by atoms with van der Waals surface area (Å²) in [4.78, 5) is 58.5. The fourth-order valence-corrected chi connectivity index (χ4v) is 5.48. The summed E-state index contributed by atoms with van der Waals surface area (Å²) in [5.74, 6) is -2.08. The van der Waals surface area contributed by atoms with Crippen molar-refractivity contribution in [3.8, 4) is 0 Å². The van der Waals surface area contributed by atoms with Gasteiger partial charge in [-0.2, -0.15) is 0 Å². The number of nitrogens with one attached hydrogen (secondary N) is 1. The number of likely N-dealkylation sites (N-methyl/N-ethyl adjacent to an activating group) is 1. The quantitative estimate of drug-likeness (QED) is 0.527. The number of carboxylic acids is 1. The molecule has 12 nitrogen and oxygen atoms in total. The number of rotatable bonds is 6. The molecule has 0 saturated carbocycles. The first-order valence-corrected chi connectivity index (χ1v) is 14.3. The maximum absolute atomic E-state index is 13.5. The number of amides is 3. The van der Waals surface area contributed by atoms with Crippen LogP contribution in [-0.2, 0) is 32.2 Å². The SMILES string of the molecule is CC(C)[C@H](NC(=O)OC(C)(C)C)C(=O)N1C[C@H](OC(=O)N2Cc3ccc(N4CCN(C)CC4)cc3C2)C[C@H]1C(=O)O. The predicted molar refractivity (Wildman–Crippen MR) is 151 cm³/mol. The molecule has 0 aliphatic carbocycles. The van der Waals surface area contributed by atoms with E-state index in [2.05, 4.69) is 40.4 Å². The standard InChI is InChI=1S/C29H43N5O7/c1-18(2)24(30-27(38)41-29(3,4)5)25(35)34-17-22(14-23(34)26(36)37)40-28(39)33-15-19-7-8-21(13-20(19)16-33)32-11-9-31(6)10-12-32/h7-8,13,18,22-24H,9-12,14-17H2,1-6H3,(H,30,38)(H,36,37)/t22-,23+,24+/m1/s1. The van der Waals surface area contributed by atoms with Gasteiger partial charge in [0.1, 0.15) is 23.8 Å². The number of fused-ring (bicyclic) bond motifs is 1. The Morgan fingerprint density at radius 3 is 2.29 bits per heavy atom. The van der Waals surface area contributed by atoms with Crippen molar-refractivity contribution in [3.05, 3.63) is 29.3 Å². The Morgan fingerprint density at radius 2 is 1.68 bits per heavy atom. The number of carboxylic acid groups (broad SMARTS) is 1. The number of carbonyl (C=O) groups is 4. The fourth-order valence-electron chi connectivity index (χ4n) is 5.48. The van der Waals surface area contributed by atoms with Gasteiger partial charge >= 0.3 is 18.2 Å². The van der Waals surface area contributed by atoms with Crippen LogP contribution in [0.15, 0.2) is 18.2 Å². The van der Waals surface area contributed by atoms with Crippen LogP contribution in [0.2, 0.25) is 0 Å². The molecule has 1 aromatic carbocycles. The van der Waals surface area contributed by atoms with Crippen molar-refractivity contribution in [2.24, 2.45) is 5.92 Å². The highest BCUT2D eigenvalue weighted by Gasteiger charge is 2.45. The third kappa shape index (κ3) is 7.41. The Morgan fingerprint density at radius 1 is 1.02 bits per heavy atom. The van der Waals surface area contributed by atoms with E-state index in [4.69, 9.17) is 9.47 Å². The molecule has 0 spiro atoms. The summed E-state index contributed by atoms with van der Waals surface area (Å²) in [6.07, 6.45) is -2.12. The van der Waals surface area contributed by atoms with Gasteiger partial charge in [0.15, 0.2) is 0 Å². The first-order valence-electron chi connectivity index (χ1n) is 14.3. The Kier molecular flexibility index (Phi) is 9.00. The lowest BCUT2D eigenvalue weighted by atomic mass is 10.0. The van der Waals surface area contributed by atoms with Crippen LogP contribution in [0.5, 0.6) is 0 Å². The second-order valence-electron chi connectivity index (χ2n) is 12.6. The van der Waals surface area contributed by atoms with Crippen molar-refractivity contribution in [2.45, 2.75) is 77.9 Å². The first-order chi connectivity index (χ1) is 19.2. The number of carbonyl (C=O) groups excluding carboxylic acids is 3. The van der Waals surface area contributed by atoms with Crippen LogP contribution in [-0.4, -0.2) is 107 Å². The molecule has 2 fully saturated rings. The minimum atomic E-state index is -1.19. The monoisotopic (exact) mass is 573 g/mol. The highest BCUT2D eigenvalue weighted by molar-refractivity contribution is 5.90. The van der Waals surface area contributed by atoms with Gasteiger partial charge in [-0.25, -0.2) is 14.4 Å². The maximum atomic E-state index is 13.5. The lowest BCUT2D eigenvalue weighted by Crippen LogP contribution is -2.54. The summed E-state index contributed by atoms with van der Waals surface area (Å²) >= 11 is 0. The van der Waals surface area contributed by atoms with Gasteiger partial charge in [0, 0.05) is 51.4 Å². The number of benzene rings is 1. The van der Waals surface area contributed by atoms with Gasteiger partial charge in [-0.3, -0.25) is 9.69 Å². The molecule has 0 bridgehead atoms. The molecule has 3 aliphatic heterocycles. The van der Waals surface area contributed by atoms with E-state index in [0.29, 0.717) is 13.1 Å². The zero-order chi connectivity index (χ0) is 30.1. The fraction of sp³-hybridized carbons (Fsp3) is 0.655. The average Bonchev–Trinajstić information content (AvgIpc) is 3.50. The minimum Gasteiger partial charge on any atom is -0.480 e. The third-order valence-corrected chi connectivity index (χ3v) is 7.74. The normalized spacial score (nSPS) is 22.0. The molecule has 2 saturated heterocycles. The van der Waals surface area contributed by atoms with Crippen LogP contribution >= 0.6 is 0 Å². The molecule has 0 radical (unpaired) electrons. The Balaban J connectivity index is 1.38. The number of nitrogens with zero attached hydrogens (tertiary/aromatic N) is 4. The number of hydrogen-bond donors (Lipinski definition) is 2. The van der Waals surface area contributed by atoms with Crippen molar-refractivity contribution in [2.75, 3.05) is 44.7 Å². The summed E-state index contributed by atoms with van der Waals surface area (Å²) in [5.41, 5.74) is 2.51. The van der Waals surface area contributed by atoms with E-state index < -0.39 is 47.9 Å². The molecule has 3 atom stereocenters. The highest BCUT2D eigenvalue weighted by atomic mass is 16.6. The molecule has 3 aliphatic rings. The number of ether oxygens (including phenoxy) is 2. The van der Waals surface area contributed by atoms with Gasteiger partial charge in [0.2, 0.25) is 5.91 Å². The van der Waals surface area contributed by atoms with E-state index in [-0.39, 0.29) is 18.9 Å². The van der Waals surface area contributed by atoms with Gasteiger partial charge in [0.25, 0.3) is 0 Å². The van der Waals surface area contributed by atoms with Gasteiger partial charge in [-0.05, 0) is 57.0 Å². The molecule has 226 valence electrons. The summed E-state index contributed by atoms with van der Waals surface area (Å²) in [6, 6.07) is 4.10. The van der Waals surface area contributed by atoms with Crippen LogP contribution in [0, 0.1) is 5.92 Å². The summed E-state index contributed by atoms with van der Waals surface area (Å²) in [7, 11) is 2.12. The molecule has 2 N–H and O–H groups in total. The van der Waals surface area contributed by atoms with Crippen molar-refractivity contribution in [1.29, 1.82) is 0 Å². The molecule has 1 aromatic rings. The second kappa shape index (κ2) is 12.1. The Bertz CT molecular complexity index is 1160. The van der Waals surface area contributed by atoms with Gasteiger partial charge in [-0.1, -0.05) is 19.9 Å². The second-order valence-corrected chi connectivity index (χ2v) is 12.6. The molecule has 41 heavy (non-hydrogen) atoms. The predicted octanol–water partition coefficient (Wildman–Crippen LogP) is 2.49. The van der Waals surface area contributed by atoms with Crippen molar-refractivity contribution >= 4 is 29.8 Å². The van der Waals surface area contributed by atoms with E-state index >= 15 is 0 Å². The van der Waals surface area contributed by atoms with Crippen LogP contribution in [0.4, 0.5) is 15.3 Å². The lowest BCUT2D eigenvalue weighted by molar-refractivity contribution is -0.149. The van der Waals surface area contributed by atoms with E-state index in [1.165, 1.54) is 4.90 Å². The maximum Gasteiger partial charge on any atom is 0.410 e. The largest absolute Gasteiger partial charge is 0.480 e. The third-order valence-electron chi connectivity index (χ3n) is 7.74. The number of anilines is 1. The number of alkyl carbamates (subject to hydrolysis) is 1.